The Labute approximate surface area is 176 Å². The Balaban J connectivity index is 2.04. The van der Waals surface area contributed by atoms with E-state index in [1.54, 1.807) is 30.5 Å². The lowest BCUT2D eigenvalue weighted by Crippen LogP contribution is -2.36. The summed E-state index contributed by atoms with van der Waals surface area (Å²) in [6.45, 7) is 2.56. The predicted molar refractivity (Wildman–Crippen MR) is 121 cm³/mol. The number of aromatic hydroxyl groups is 1. The molecule has 0 fully saturated rings. The number of hydrogen-bond donors (Lipinski definition) is 3. The third-order valence-electron chi connectivity index (χ3n) is 5.10. The second kappa shape index (κ2) is 17.0. The fourth-order valence-corrected chi connectivity index (χ4v) is 3.23. The van der Waals surface area contributed by atoms with Crippen molar-refractivity contribution in [2.24, 2.45) is 4.99 Å². The normalized spacial score (nSPS) is 12.3. The van der Waals surface area contributed by atoms with E-state index in [1.165, 1.54) is 64.2 Å². The highest BCUT2D eigenvalue weighted by molar-refractivity contribution is 5.86. The third-order valence-corrected chi connectivity index (χ3v) is 5.10. The van der Waals surface area contributed by atoms with E-state index in [-0.39, 0.29) is 18.3 Å². The van der Waals surface area contributed by atoms with Gasteiger partial charge in [0.05, 0.1) is 6.61 Å². The lowest BCUT2D eigenvalue weighted by atomic mass is 10.1. The molecule has 164 valence electrons. The van der Waals surface area contributed by atoms with Gasteiger partial charge >= 0.3 is 0 Å². The molecule has 0 radical (unpaired) electrons. The maximum Gasteiger partial charge on any atom is 0.247 e. The zero-order valence-corrected chi connectivity index (χ0v) is 18.1. The summed E-state index contributed by atoms with van der Waals surface area (Å²) >= 11 is 0. The number of carbonyl (C=O) groups is 1. The molecular weight excluding hydrogens is 364 g/mol. The van der Waals surface area contributed by atoms with Gasteiger partial charge in [0, 0.05) is 12.8 Å². The number of unbranched alkanes of at least 4 members (excludes halogenated alkanes) is 11. The number of aliphatic hydroxyl groups is 1. The summed E-state index contributed by atoms with van der Waals surface area (Å²) in [6.07, 6.45) is 17.0. The summed E-state index contributed by atoms with van der Waals surface area (Å²) in [5.41, 5.74) is 0.773. The fraction of sp³-hybridized carbons (Fsp3) is 0.667. The van der Waals surface area contributed by atoms with Crippen LogP contribution in [0.25, 0.3) is 0 Å². The largest absolute Gasteiger partial charge is 0.508 e. The van der Waals surface area contributed by atoms with Gasteiger partial charge in [-0.15, -0.1) is 0 Å². The van der Waals surface area contributed by atoms with Crippen molar-refractivity contribution in [3.05, 3.63) is 29.8 Å². The summed E-state index contributed by atoms with van der Waals surface area (Å²) in [5, 5.41) is 21.5. The smallest absolute Gasteiger partial charge is 0.247 e. The standard InChI is InChI=1S/C24H40N2O3/c1-2-3-4-5-6-7-8-9-10-11-12-13-18-25-24(29)23(20-27)26-19-21-14-16-22(28)17-15-21/h14-17,19,23,27-28H,2-13,18,20H2,1H3,(H,25,29)/b26-19+/t23-/m0/s1. The van der Waals surface area contributed by atoms with E-state index in [1.807, 2.05) is 0 Å². The molecule has 1 aromatic rings. The molecule has 0 aliphatic heterocycles. The molecule has 0 spiro atoms. The lowest BCUT2D eigenvalue weighted by molar-refractivity contribution is -0.123. The highest BCUT2D eigenvalue weighted by Gasteiger charge is 2.14. The van der Waals surface area contributed by atoms with Crippen molar-refractivity contribution in [3.63, 3.8) is 0 Å². The molecule has 0 aliphatic rings. The van der Waals surface area contributed by atoms with Gasteiger partial charge in [-0.05, 0) is 36.2 Å². The van der Waals surface area contributed by atoms with Gasteiger partial charge in [-0.25, -0.2) is 0 Å². The van der Waals surface area contributed by atoms with E-state index in [2.05, 4.69) is 17.2 Å². The molecule has 0 saturated heterocycles. The Morgan fingerprint density at radius 1 is 0.931 bits per heavy atom. The summed E-state index contributed by atoms with van der Waals surface area (Å²) in [6, 6.07) is 5.74. The molecule has 3 N–H and O–H groups in total. The van der Waals surface area contributed by atoms with Crippen LogP contribution in [0.5, 0.6) is 5.75 Å². The number of nitrogens with zero attached hydrogens (tertiary/aromatic N) is 1. The Hall–Kier alpha value is -1.88. The van der Waals surface area contributed by atoms with Crippen molar-refractivity contribution >= 4 is 12.1 Å². The number of phenols is 1. The molecule has 0 aliphatic carbocycles. The SMILES string of the molecule is CCCCCCCCCCCCCCNC(=O)[C@H](CO)/N=C/c1ccc(O)cc1. The quantitative estimate of drug-likeness (QED) is 0.253. The van der Waals surface area contributed by atoms with Crippen LogP contribution in [0, 0.1) is 0 Å². The number of phenolic OH excluding ortho intramolecular Hbond substituents is 1. The van der Waals surface area contributed by atoms with E-state index in [0.717, 1.165) is 18.4 Å². The molecule has 5 heteroatoms. The third kappa shape index (κ3) is 13.1. The highest BCUT2D eigenvalue weighted by atomic mass is 16.3. The molecule has 0 aromatic heterocycles. The second-order valence-electron chi connectivity index (χ2n) is 7.75. The molecule has 1 atom stereocenters. The monoisotopic (exact) mass is 404 g/mol. The average Bonchev–Trinajstić information content (AvgIpc) is 2.73. The lowest BCUT2D eigenvalue weighted by Gasteiger charge is -2.10. The van der Waals surface area contributed by atoms with Gasteiger partial charge in [0.25, 0.3) is 0 Å². The van der Waals surface area contributed by atoms with Crippen molar-refractivity contribution < 1.29 is 15.0 Å². The van der Waals surface area contributed by atoms with Gasteiger partial charge in [-0.3, -0.25) is 9.79 Å². The Morgan fingerprint density at radius 3 is 1.97 bits per heavy atom. The number of nitrogens with one attached hydrogen (secondary N) is 1. The van der Waals surface area contributed by atoms with E-state index in [9.17, 15) is 15.0 Å². The van der Waals surface area contributed by atoms with Crippen molar-refractivity contribution in [1.82, 2.24) is 5.32 Å². The molecule has 1 rings (SSSR count). The van der Waals surface area contributed by atoms with Crippen LogP contribution in [-0.4, -0.2) is 41.5 Å². The molecular formula is C24H40N2O3. The van der Waals surface area contributed by atoms with Crippen LogP contribution in [0.4, 0.5) is 0 Å². The molecule has 1 amide bonds. The number of amides is 1. The van der Waals surface area contributed by atoms with E-state index in [0.29, 0.717) is 6.54 Å². The van der Waals surface area contributed by atoms with Crippen LogP contribution in [0.1, 0.15) is 89.5 Å². The first kappa shape index (κ1) is 25.2. The topological polar surface area (TPSA) is 81.9 Å². The van der Waals surface area contributed by atoms with Crippen LogP contribution in [0.15, 0.2) is 29.3 Å². The van der Waals surface area contributed by atoms with E-state index < -0.39 is 6.04 Å². The number of rotatable bonds is 17. The summed E-state index contributed by atoms with van der Waals surface area (Å²) in [5.74, 6) is -0.0633. The average molecular weight is 405 g/mol. The molecule has 5 nitrogen and oxygen atoms in total. The summed E-state index contributed by atoms with van der Waals surface area (Å²) in [4.78, 5) is 16.3. The van der Waals surface area contributed by atoms with Gasteiger partial charge in [-0.2, -0.15) is 0 Å². The first-order valence-corrected chi connectivity index (χ1v) is 11.4. The van der Waals surface area contributed by atoms with Gasteiger partial charge in [-0.1, -0.05) is 77.6 Å². The number of carbonyl (C=O) groups excluding carboxylic acids is 1. The number of aliphatic hydroxyl groups excluding tert-OH is 1. The van der Waals surface area contributed by atoms with Crippen molar-refractivity contribution in [3.8, 4) is 5.75 Å². The van der Waals surface area contributed by atoms with Crippen molar-refractivity contribution in [2.75, 3.05) is 13.2 Å². The van der Waals surface area contributed by atoms with Crippen LogP contribution >= 0.6 is 0 Å². The zero-order valence-electron chi connectivity index (χ0n) is 18.1. The predicted octanol–water partition coefficient (Wildman–Crippen LogP) is 4.99. The van der Waals surface area contributed by atoms with Gasteiger partial charge in [0.15, 0.2) is 6.04 Å². The highest BCUT2D eigenvalue weighted by Crippen LogP contribution is 2.12. The minimum absolute atomic E-state index is 0.181. The van der Waals surface area contributed by atoms with Gasteiger partial charge in [0.1, 0.15) is 5.75 Å². The summed E-state index contributed by atoms with van der Waals surface area (Å²) in [7, 11) is 0. The van der Waals surface area contributed by atoms with Gasteiger partial charge < -0.3 is 15.5 Å². The number of aliphatic imine (C=N–C) groups is 1. The van der Waals surface area contributed by atoms with E-state index >= 15 is 0 Å². The van der Waals surface area contributed by atoms with Crippen LogP contribution in [0.2, 0.25) is 0 Å². The minimum Gasteiger partial charge on any atom is -0.508 e. The Morgan fingerprint density at radius 2 is 1.45 bits per heavy atom. The first-order valence-electron chi connectivity index (χ1n) is 11.4. The number of benzene rings is 1. The molecule has 1 aromatic carbocycles. The molecule has 0 heterocycles. The number of hydrogen-bond acceptors (Lipinski definition) is 4. The Kier molecular flexibility index (Phi) is 14.8. The molecule has 0 saturated carbocycles. The maximum absolute atomic E-state index is 12.1. The molecule has 29 heavy (non-hydrogen) atoms. The first-order chi connectivity index (χ1) is 14.2. The van der Waals surface area contributed by atoms with Crippen LogP contribution in [0.3, 0.4) is 0 Å². The van der Waals surface area contributed by atoms with Gasteiger partial charge in [0.2, 0.25) is 5.91 Å². The van der Waals surface area contributed by atoms with Crippen LogP contribution < -0.4 is 5.32 Å². The van der Waals surface area contributed by atoms with Crippen LogP contribution in [-0.2, 0) is 4.79 Å². The molecule has 0 unspecified atom stereocenters. The zero-order chi connectivity index (χ0) is 21.2. The van der Waals surface area contributed by atoms with E-state index in [4.69, 9.17) is 0 Å². The summed E-state index contributed by atoms with van der Waals surface area (Å²) < 4.78 is 0. The fourth-order valence-electron chi connectivity index (χ4n) is 3.23. The second-order valence-corrected chi connectivity index (χ2v) is 7.75. The molecule has 0 bridgehead atoms. The Bertz CT molecular complexity index is 558. The van der Waals surface area contributed by atoms with Crippen molar-refractivity contribution in [1.29, 1.82) is 0 Å². The minimum atomic E-state index is -0.791. The van der Waals surface area contributed by atoms with Crippen molar-refractivity contribution in [2.45, 2.75) is 90.0 Å². The maximum atomic E-state index is 12.1.